The van der Waals surface area contributed by atoms with Gasteiger partial charge in [0.1, 0.15) is 5.75 Å². The van der Waals surface area contributed by atoms with E-state index in [4.69, 9.17) is 21.1 Å². The molecule has 0 unspecified atom stereocenters. The molecule has 2 aromatic carbocycles. The van der Waals surface area contributed by atoms with Crippen molar-refractivity contribution in [1.29, 1.82) is 0 Å². The van der Waals surface area contributed by atoms with Gasteiger partial charge in [0.2, 0.25) is 0 Å². The van der Waals surface area contributed by atoms with Gasteiger partial charge in [-0.2, -0.15) is 8.78 Å². The Morgan fingerprint density at radius 1 is 1.19 bits per heavy atom. The summed E-state index contributed by atoms with van der Waals surface area (Å²) >= 11 is 6.21. The number of benzene rings is 2. The maximum Gasteiger partial charge on any atom is 0.344 e. The van der Waals surface area contributed by atoms with Crippen molar-refractivity contribution in [3.63, 3.8) is 0 Å². The lowest BCUT2D eigenvalue weighted by atomic mass is 10.2. The average molecular weight is 416 g/mol. The predicted octanol–water partition coefficient (Wildman–Crippen LogP) is 4.52. The van der Waals surface area contributed by atoms with Gasteiger partial charge in [0.15, 0.2) is 13.2 Å². The summed E-state index contributed by atoms with van der Waals surface area (Å²) in [7, 11) is 0. The Balaban J connectivity index is 1.80. The molecule has 0 aliphatic heterocycles. The van der Waals surface area contributed by atoms with Crippen molar-refractivity contribution in [2.24, 2.45) is 0 Å². The molecule has 5 nitrogen and oxygen atoms in total. The number of carbonyl (C=O) groups excluding carboxylic acids is 2. The van der Waals surface area contributed by atoms with Crippen molar-refractivity contribution in [2.45, 2.75) is 17.6 Å². The molecule has 144 valence electrons. The first-order valence-corrected chi connectivity index (χ1v) is 8.99. The largest absolute Gasteiger partial charge is 0.482 e. The lowest BCUT2D eigenvalue weighted by Crippen LogP contribution is -2.23. The normalized spacial score (nSPS) is 10.6. The smallest absolute Gasteiger partial charge is 0.344 e. The van der Waals surface area contributed by atoms with Crippen LogP contribution >= 0.6 is 23.4 Å². The van der Waals surface area contributed by atoms with E-state index in [0.717, 1.165) is 5.56 Å². The molecule has 0 aliphatic carbocycles. The number of rotatable bonds is 8. The molecule has 0 fully saturated rings. The van der Waals surface area contributed by atoms with E-state index in [0.29, 0.717) is 22.5 Å². The zero-order valence-electron chi connectivity index (χ0n) is 14.2. The third-order valence-corrected chi connectivity index (χ3v) is 4.44. The molecule has 2 rings (SSSR count). The van der Waals surface area contributed by atoms with Crippen LogP contribution in [0.1, 0.15) is 5.56 Å². The van der Waals surface area contributed by atoms with Gasteiger partial charge in [0.05, 0.1) is 5.69 Å². The van der Waals surface area contributed by atoms with Gasteiger partial charge in [-0.1, -0.05) is 35.5 Å². The number of alkyl halides is 2. The minimum absolute atomic E-state index is 0.216. The number of nitrogens with one attached hydrogen (secondary N) is 1. The van der Waals surface area contributed by atoms with Gasteiger partial charge in [0, 0.05) is 9.92 Å². The van der Waals surface area contributed by atoms with Crippen LogP contribution in [-0.4, -0.2) is 30.8 Å². The van der Waals surface area contributed by atoms with Crippen LogP contribution in [0, 0.1) is 6.92 Å². The van der Waals surface area contributed by atoms with Crippen LogP contribution in [0.15, 0.2) is 47.4 Å². The molecule has 0 aromatic heterocycles. The molecule has 0 heterocycles. The Labute approximate surface area is 164 Å². The molecule has 0 aliphatic rings. The Morgan fingerprint density at radius 3 is 2.63 bits per heavy atom. The molecule has 9 heteroatoms. The van der Waals surface area contributed by atoms with Gasteiger partial charge in [-0.25, -0.2) is 4.79 Å². The Hall–Kier alpha value is -2.32. The number of anilines is 1. The Kier molecular flexibility index (Phi) is 7.87. The summed E-state index contributed by atoms with van der Waals surface area (Å²) in [4.78, 5) is 23.8. The summed E-state index contributed by atoms with van der Waals surface area (Å²) in [5.41, 5.74) is 1.01. The molecule has 1 amide bonds. The topological polar surface area (TPSA) is 64.6 Å². The lowest BCUT2D eigenvalue weighted by Gasteiger charge is -2.11. The molecule has 27 heavy (non-hydrogen) atoms. The Bertz CT molecular complexity index is 820. The number of ether oxygens (including phenoxy) is 2. The molecular formula is C18H16ClF2NO4S. The summed E-state index contributed by atoms with van der Waals surface area (Å²) in [6.45, 7) is 0.851. The third-order valence-electron chi connectivity index (χ3n) is 3.23. The standard InChI is InChI=1S/C18H16ClF2NO4S/c1-11-8-12(6-7-13(11)19)25-10-17(24)26-9-16(23)22-14-4-2-3-5-15(14)27-18(20)21/h2-8,18H,9-10H2,1H3,(H,22,23). The first-order valence-electron chi connectivity index (χ1n) is 7.73. The third kappa shape index (κ3) is 7.07. The molecule has 1 N–H and O–H groups in total. The van der Waals surface area contributed by atoms with Crippen molar-refractivity contribution < 1.29 is 27.8 Å². The van der Waals surface area contributed by atoms with E-state index in [1.54, 1.807) is 37.3 Å². The number of hydrogen-bond donors (Lipinski definition) is 1. The summed E-state index contributed by atoms with van der Waals surface area (Å²) in [5, 5.41) is 3.01. The fraction of sp³-hybridized carbons (Fsp3) is 0.222. The zero-order chi connectivity index (χ0) is 19.8. The van der Waals surface area contributed by atoms with Crippen molar-refractivity contribution in [3.05, 3.63) is 53.1 Å². The van der Waals surface area contributed by atoms with Crippen molar-refractivity contribution in [1.82, 2.24) is 0 Å². The van der Waals surface area contributed by atoms with Crippen LogP contribution in [0.5, 0.6) is 5.75 Å². The SMILES string of the molecule is Cc1cc(OCC(=O)OCC(=O)Nc2ccccc2SC(F)F)ccc1Cl. The molecule has 0 atom stereocenters. The highest BCUT2D eigenvalue weighted by molar-refractivity contribution is 7.99. The number of esters is 1. The number of halogens is 3. The van der Waals surface area contributed by atoms with E-state index in [9.17, 15) is 18.4 Å². The van der Waals surface area contributed by atoms with Crippen LogP contribution in [-0.2, 0) is 14.3 Å². The quantitative estimate of drug-likeness (QED) is 0.507. The van der Waals surface area contributed by atoms with Crippen molar-refractivity contribution >= 4 is 40.9 Å². The van der Waals surface area contributed by atoms with E-state index in [-0.39, 0.29) is 17.2 Å². The highest BCUT2D eigenvalue weighted by Gasteiger charge is 2.13. The number of amides is 1. The summed E-state index contributed by atoms with van der Waals surface area (Å²) in [6.07, 6.45) is 0. The van der Waals surface area contributed by atoms with E-state index < -0.39 is 24.2 Å². The van der Waals surface area contributed by atoms with Gasteiger partial charge < -0.3 is 14.8 Å². The minimum Gasteiger partial charge on any atom is -0.482 e. The number of hydrogen-bond acceptors (Lipinski definition) is 5. The fourth-order valence-electron chi connectivity index (χ4n) is 1.99. The first kappa shape index (κ1) is 21.0. The minimum atomic E-state index is -2.62. The fourth-order valence-corrected chi connectivity index (χ4v) is 2.70. The maximum absolute atomic E-state index is 12.5. The summed E-state index contributed by atoms with van der Waals surface area (Å²) in [6, 6.07) is 11.0. The monoisotopic (exact) mass is 415 g/mol. The lowest BCUT2D eigenvalue weighted by molar-refractivity contribution is -0.149. The van der Waals surface area contributed by atoms with Crippen LogP contribution in [0.4, 0.5) is 14.5 Å². The van der Waals surface area contributed by atoms with Gasteiger partial charge in [-0.05, 0) is 42.8 Å². The van der Waals surface area contributed by atoms with Gasteiger partial charge >= 0.3 is 5.97 Å². The van der Waals surface area contributed by atoms with Crippen LogP contribution in [0.25, 0.3) is 0 Å². The molecule has 0 radical (unpaired) electrons. The highest BCUT2D eigenvalue weighted by Crippen LogP contribution is 2.31. The van der Waals surface area contributed by atoms with E-state index in [2.05, 4.69) is 5.32 Å². The molecule has 0 bridgehead atoms. The summed E-state index contributed by atoms with van der Waals surface area (Å²) < 4.78 is 35.1. The Morgan fingerprint density at radius 2 is 1.93 bits per heavy atom. The maximum atomic E-state index is 12.5. The molecule has 0 saturated heterocycles. The molecule has 0 spiro atoms. The average Bonchev–Trinajstić information content (AvgIpc) is 2.62. The number of carbonyl (C=O) groups is 2. The highest BCUT2D eigenvalue weighted by atomic mass is 35.5. The van der Waals surface area contributed by atoms with Gasteiger partial charge in [-0.3, -0.25) is 4.79 Å². The van der Waals surface area contributed by atoms with Crippen LogP contribution in [0.2, 0.25) is 5.02 Å². The van der Waals surface area contributed by atoms with Crippen LogP contribution < -0.4 is 10.1 Å². The second kappa shape index (κ2) is 10.1. The van der Waals surface area contributed by atoms with E-state index in [1.807, 2.05) is 0 Å². The predicted molar refractivity (Wildman–Crippen MR) is 99.6 cm³/mol. The number of thioether (sulfide) groups is 1. The number of para-hydroxylation sites is 1. The summed E-state index contributed by atoms with van der Waals surface area (Å²) in [5.74, 6) is -3.56. The van der Waals surface area contributed by atoms with E-state index in [1.165, 1.54) is 12.1 Å². The van der Waals surface area contributed by atoms with Crippen molar-refractivity contribution in [2.75, 3.05) is 18.5 Å². The van der Waals surface area contributed by atoms with E-state index >= 15 is 0 Å². The molecule has 0 saturated carbocycles. The second-order valence-corrected chi connectivity index (χ2v) is 6.72. The molecular weight excluding hydrogens is 400 g/mol. The van der Waals surface area contributed by atoms with Gasteiger partial charge in [-0.15, -0.1) is 0 Å². The van der Waals surface area contributed by atoms with Gasteiger partial charge in [0.25, 0.3) is 11.7 Å². The molecule has 2 aromatic rings. The number of aryl methyl sites for hydroxylation is 1. The van der Waals surface area contributed by atoms with Crippen LogP contribution in [0.3, 0.4) is 0 Å². The zero-order valence-corrected chi connectivity index (χ0v) is 15.8. The second-order valence-electron chi connectivity index (χ2n) is 5.28. The van der Waals surface area contributed by atoms with Crippen molar-refractivity contribution in [3.8, 4) is 5.75 Å². The first-order chi connectivity index (χ1) is 12.8.